The second-order valence-corrected chi connectivity index (χ2v) is 4.48. The summed E-state index contributed by atoms with van der Waals surface area (Å²) in [7, 11) is 1.50. The predicted octanol–water partition coefficient (Wildman–Crippen LogP) is -0.745. The summed E-state index contributed by atoms with van der Waals surface area (Å²) in [5.41, 5.74) is 0. The third-order valence-electron chi connectivity index (χ3n) is 2.26. The van der Waals surface area contributed by atoms with Gasteiger partial charge in [0.1, 0.15) is 6.04 Å². The Balaban J connectivity index is 2.40. The SMILES string of the molecule is COCCC(NC(=O)C1CSCN1)C(=O)O. The molecule has 0 saturated carbocycles. The van der Waals surface area contributed by atoms with Gasteiger partial charge in [0.05, 0.1) is 6.04 Å². The quantitative estimate of drug-likeness (QED) is 0.573. The summed E-state index contributed by atoms with van der Waals surface area (Å²) in [5.74, 6) is 0.126. The number of hydrogen-bond acceptors (Lipinski definition) is 5. The molecule has 16 heavy (non-hydrogen) atoms. The molecule has 1 aliphatic heterocycles. The molecule has 2 unspecified atom stereocenters. The summed E-state index contributed by atoms with van der Waals surface area (Å²) >= 11 is 1.62. The number of amides is 1. The van der Waals surface area contributed by atoms with Crippen LogP contribution >= 0.6 is 11.8 Å². The maximum absolute atomic E-state index is 11.6. The molecule has 1 saturated heterocycles. The van der Waals surface area contributed by atoms with Crippen LogP contribution < -0.4 is 10.6 Å². The minimum absolute atomic E-state index is 0.256. The zero-order valence-corrected chi connectivity index (χ0v) is 9.88. The van der Waals surface area contributed by atoms with Gasteiger partial charge >= 0.3 is 5.97 Å². The number of nitrogens with one attached hydrogen (secondary N) is 2. The van der Waals surface area contributed by atoms with Gasteiger partial charge in [-0.2, -0.15) is 0 Å². The highest BCUT2D eigenvalue weighted by Crippen LogP contribution is 2.09. The van der Waals surface area contributed by atoms with Crippen molar-refractivity contribution in [2.75, 3.05) is 25.3 Å². The first-order chi connectivity index (χ1) is 7.65. The number of methoxy groups -OCH3 is 1. The monoisotopic (exact) mass is 248 g/mol. The van der Waals surface area contributed by atoms with Gasteiger partial charge in [-0.3, -0.25) is 10.1 Å². The second kappa shape index (κ2) is 6.72. The highest BCUT2D eigenvalue weighted by molar-refractivity contribution is 7.99. The molecule has 0 bridgehead atoms. The van der Waals surface area contributed by atoms with E-state index < -0.39 is 12.0 Å². The van der Waals surface area contributed by atoms with E-state index in [4.69, 9.17) is 9.84 Å². The fourth-order valence-corrected chi connectivity index (χ4v) is 2.27. The van der Waals surface area contributed by atoms with Crippen LogP contribution in [0.2, 0.25) is 0 Å². The Kier molecular flexibility index (Phi) is 5.58. The number of ether oxygens (including phenoxy) is 1. The van der Waals surface area contributed by atoms with Crippen molar-refractivity contribution in [2.45, 2.75) is 18.5 Å². The fourth-order valence-electron chi connectivity index (χ4n) is 1.33. The lowest BCUT2D eigenvalue weighted by molar-refractivity contribution is -0.142. The molecule has 0 aliphatic carbocycles. The van der Waals surface area contributed by atoms with E-state index in [1.807, 2.05) is 0 Å². The van der Waals surface area contributed by atoms with Gasteiger partial charge in [-0.1, -0.05) is 0 Å². The lowest BCUT2D eigenvalue weighted by Crippen LogP contribution is -2.49. The Morgan fingerprint density at radius 3 is 2.94 bits per heavy atom. The Morgan fingerprint density at radius 1 is 1.69 bits per heavy atom. The molecule has 1 fully saturated rings. The number of carboxylic acids is 1. The molecule has 2 atom stereocenters. The smallest absolute Gasteiger partial charge is 0.326 e. The van der Waals surface area contributed by atoms with Gasteiger partial charge in [0.25, 0.3) is 0 Å². The van der Waals surface area contributed by atoms with E-state index in [0.29, 0.717) is 12.4 Å². The maximum atomic E-state index is 11.6. The molecular formula is C9H16N2O4S. The highest BCUT2D eigenvalue weighted by atomic mass is 32.2. The van der Waals surface area contributed by atoms with Crippen LogP contribution in [-0.4, -0.2) is 54.4 Å². The van der Waals surface area contributed by atoms with Crippen LogP contribution in [0.15, 0.2) is 0 Å². The first kappa shape index (κ1) is 13.3. The number of thioether (sulfide) groups is 1. The Bertz CT molecular complexity index is 256. The van der Waals surface area contributed by atoms with Gasteiger partial charge in [-0.15, -0.1) is 11.8 Å². The van der Waals surface area contributed by atoms with E-state index in [-0.39, 0.29) is 18.4 Å². The lowest BCUT2D eigenvalue weighted by atomic mass is 10.2. The molecule has 6 nitrogen and oxygen atoms in total. The van der Waals surface area contributed by atoms with E-state index in [0.717, 1.165) is 5.88 Å². The van der Waals surface area contributed by atoms with Crippen molar-refractivity contribution < 1.29 is 19.4 Å². The molecule has 92 valence electrons. The first-order valence-corrected chi connectivity index (χ1v) is 6.14. The minimum Gasteiger partial charge on any atom is -0.480 e. The number of rotatable bonds is 6. The van der Waals surface area contributed by atoms with Crippen LogP contribution in [0.25, 0.3) is 0 Å². The molecule has 0 radical (unpaired) electrons. The molecule has 1 aliphatic rings. The lowest BCUT2D eigenvalue weighted by Gasteiger charge is -2.16. The van der Waals surface area contributed by atoms with Crippen molar-refractivity contribution in [1.82, 2.24) is 10.6 Å². The van der Waals surface area contributed by atoms with Gasteiger partial charge in [0.2, 0.25) is 5.91 Å². The normalized spacial score (nSPS) is 21.7. The Hall–Kier alpha value is -0.790. The van der Waals surface area contributed by atoms with Crippen LogP contribution in [0.3, 0.4) is 0 Å². The highest BCUT2D eigenvalue weighted by Gasteiger charge is 2.27. The maximum Gasteiger partial charge on any atom is 0.326 e. The summed E-state index contributed by atoms with van der Waals surface area (Å²) in [6, 6.07) is -1.16. The number of carbonyl (C=O) groups is 2. The van der Waals surface area contributed by atoms with Crippen LogP contribution in [0.5, 0.6) is 0 Å². The van der Waals surface area contributed by atoms with Crippen molar-refractivity contribution >= 4 is 23.6 Å². The van der Waals surface area contributed by atoms with E-state index >= 15 is 0 Å². The zero-order chi connectivity index (χ0) is 12.0. The van der Waals surface area contributed by atoms with Crippen molar-refractivity contribution in [2.24, 2.45) is 0 Å². The van der Waals surface area contributed by atoms with Gasteiger partial charge < -0.3 is 15.2 Å². The zero-order valence-electron chi connectivity index (χ0n) is 9.06. The molecule has 7 heteroatoms. The van der Waals surface area contributed by atoms with E-state index in [1.165, 1.54) is 7.11 Å². The van der Waals surface area contributed by atoms with Gasteiger partial charge in [0, 0.05) is 31.8 Å². The largest absolute Gasteiger partial charge is 0.480 e. The van der Waals surface area contributed by atoms with E-state index in [2.05, 4.69) is 10.6 Å². The second-order valence-electron chi connectivity index (χ2n) is 3.45. The molecule has 0 aromatic carbocycles. The summed E-state index contributed by atoms with van der Waals surface area (Å²) in [6.07, 6.45) is 0.275. The van der Waals surface area contributed by atoms with Crippen LogP contribution in [0.4, 0.5) is 0 Å². The third-order valence-corrected chi connectivity index (χ3v) is 3.20. The fraction of sp³-hybridized carbons (Fsp3) is 0.778. The van der Waals surface area contributed by atoms with Gasteiger partial charge in [-0.25, -0.2) is 4.79 Å². The Morgan fingerprint density at radius 2 is 2.44 bits per heavy atom. The average molecular weight is 248 g/mol. The third kappa shape index (κ3) is 3.99. The molecule has 0 spiro atoms. The van der Waals surface area contributed by atoms with Crippen LogP contribution in [0, 0.1) is 0 Å². The molecule has 3 N–H and O–H groups in total. The van der Waals surface area contributed by atoms with Gasteiger partial charge in [0.15, 0.2) is 0 Å². The summed E-state index contributed by atoms with van der Waals surface area (Å²) in [5, 5.41) is 14.4. The average Bonchev–Trinajstić information content (AvgIpc) is 2.76. The molecular weight excluding hydrogens is 232 g/mol. The molecule has 0 aromatic heterocycles. The summed E-state index contributed by atoms with van der Waals surface area (Å²) in [4.78, 5) is 22.5. The first-order valence-electron chi connectivity index (χ1n) is 4.98. The Labute approximate surface area is 98.1 Å². The predicted molar refractivity (Wildman–Crippen MR) is 60.3 cm³/mol. The molecule has 1 amide bonds. The number of aliphatic carboxylic acids is 1. The van der Waals surface area contributed by atoms with Crippen LogP contribution in [-0.2, 0) is 14.3 Å². The van der Waals surface area contributed by atoms with Crippen molar-refractivity contribution in [3.8, 4) is 0 Å². The minimum atomic E-state index is -1.03. The number of carbonyl (C=O) groups excluding carboxylic acids is 1. The molecule has 0 aromatic rings. The van der Waals surface area contributed by atoms with E-state index in [9.17, 15) is 9.59 Å². The topological polar surface area (TPSA) is 87.7 Å². The van der Waals surface area contributed by atoms with E-state index in [1.54, 1.807) is 11.8 Å². The van der Waals surface area contributed by atoms with Crippen molar-refractivity contribution in [3.05, 3.63) is 0 Å². The van der Waals surface area contributed by atoms with Gasteiger partial charge in [-0.05, 0) is 0 Å². The number of hydrogen-bond donors (Lipinski definition) is 3. The van der Waals surface area contributed by atoms with Crippen molar-refractivity contribution in [3.63, 3.8) is 0 Å². The summed E-state index contributed by atoms with van der Waals surface area (Å²) < 4.78 is 4.80. The molecule has 1 rings (SSSR count). The number of carboxylic acid groups (broad SMARTS) is 1. The molecule has 1 heterocycles. The van der Waals surface area contributed by atoms with Crippen LogP contribution in [0.1, 0.15) is 6.42 Å². The van der Waals surface area contributed by atoms with Crippen molar-refractivity contribution in [1.29, 1.82) is 0 Å². The summed E-state index contributed by atoms with van der Waals surface area (Å²) in [6.45, 7) is 0.310. The standard InChI is InChI=1S/C9H16N2O4S/c1-15-3-2-6(9(13)14)11-8(12)7-4-16-5-10-7/h6-7,10H,2-5H2,1H3,(H,11,12)(H,13,14).